The molecule has 0 N–H and O–H groups in total. The third-order valence-corrected chi connectivity index (χ3v) is 2.82. The van der Waals surface area contributed by atoms with E-state index in [1.165, 1.54) is 0 Å². The van der Waals surface area contributed by atoms with Crippen molar-refractivity contribution in [2.45, 2.75) is 6.42 Å². The summed E-state index contributed by atoms with van der Waals surface area (Å²) in [4.78, 5) is 19.5. The van der Waals surface area contributed by atoms with Gasteiger partial charge in [0.15, 0.2) is 11.9 Å². The normalized spacial score (nSPS) is 10.7. The predicted molar refractivity (Wildman–Crippen MR) is 67.6 cm³/mol. The van der Waals surface area contributed by atoms with Gasteiger partial charge in [0.25, 0.3) is 0 Å². The molecule has 2 heterocycles. The lowest BCUT2D eigenvalue weighted by atomic mass is 10.1. The largest absolute Gasteiger partial charge is 0.296 e. The second kappa shape index (κ2) is 4.41. The molecule has 3 aromatic rings. The molecule has 88 valence electrons. The fourth-order valence-electron chi connectivity index (χ4n) is 1.99. The number of benzene rings is 1. The molecule has 0 aliphatic carbocycles. The van der Waals surface area contributed by atoms with Crippen LogP contribution in [0.15, 0.2) is 48.8 Å². The van der Waals surface area contributed by atoms with Gasteiger partial charge in [0.1, 0.15) is 11.5 Å². The number of rotatable bonds is 3. The highest BCUT2D eigenvalue weighted by molar-refractivity contribution is 5.81. The summed E-state index contributed by atoms with van der Waals surface area (Å²) in [6, 6.07) is 11.9. The van der Waals surface area contributed by atoms with Gasteiger partial charge in [-0.2, -0.15) is 0 Å². The van der Waals surface area contributed by atoms with Gasteiger partial charge in [0.05, 0.1) is 0 Å². The van der Waals surface area contributed by atoms with Crippen molar-refractivity contribution in [3.8, 4) is 0 Å². The van der Waals surface area contributed by atoms with Crippen molar-refractivity contribution in [1.82, 2.24) is 14.4 Å². The Morgan fingerprint density at radius 1 is 1.17 bits per heavy atom. The van der Waals surface area contributed by atoms with E-state index in [0.29, 0.717) is 17.8 Å². The minimum atomic E-state index is 0.390. The summed E-state index contributed by atoms with van der Waals surface area (Å²) >= 11 is 0. The highest BCUT2D eigenvalue weighted by Gasteiger charge is 2.11. The maximum atomic E-state index is 11.0. The van der Waals surface area contributed by atoms with Crippen molar-refractivity contribution in [3.63, 3.8) is 0 Å². The fraction of sp³-hybridized carbons (Fsp3) is 0.0714. The van der Waals surface area contributed by atoms with Crippen molar-refractivity contribution < 1.29 is 4.79 Å². The Kier molecular flexibility index (Phi) is 2.61. The van der Waals surface area contributed by atoms with Crippen LogP contribution in [0.1, 0.15) is 21.9 Å². The number of aromatic nitrogens is 3. The van der Waals surface area contributed by atoms with E-state index >= 15 is 0 Å². The van der Waals surface area contributed by atoms with Crippen LogP contribution in [-0.4, -0.2) is 20.7 Å². The third kappa shape index (κ3) is 1.78. The van der Waals surface area contributed by atoms with E-state index in [2.05, 4.69) is 9.97 Å². The van der Waals surface area contributed by atoms with Crippen molar-refractivity contribution in [1.29, 1.82) is 0 Å². The van der Waals surface area contributed by atoms with Gasteiger partial charge in [0, 0.05) is 18.8 Å². The van der Waals surface area contributed by atoms with Gasteiger partial charge in [-0.15, -0.1) is 0 Å². The molecule has 0 saturated heterocycles. The number of imidazole rings is 1. The Morgan fingerprint density at radius 3 is 2.78 bits per heavy atom. The molecular formula is C14H11N3O. The van der Waals surface area contributed by atoms with Crippen molar-refractivity contribution in [3.05, 3.63) is 65.9 Å². The Balaban J connectivity index is 2.10. The minimum absolute atomic E-state index is 0.390. The van der Waals surface area contributed by atoms with Gasteiger partial charge in [-0.1, -0.05) is 30.3 Å². The predicted octanol–water partition coefficient (Wildman–Crippen LogP) is 2.13. The van der Waals surface area contributed by atoms with E-state index in [0.717, 1.165) is 17.7 Å². The molecule has 4 nitrogen and oxygen atoms in total. The molecule has 2 aromatic heterocycles. The number of carbonyl (C=O) groups excluding carboxylic acids is 1. The topological polar surface area (TPSA) is 47.3 Å². The van der Waals surface area contributed by atoms with Gasteiger partial charge in [-0.3, -0.25) is 9.20 Å². The molecule has 0 fully saturated rings. The molecule has 3 rings (SSSR count). The standard InChI is InChI=1S/C14H11N3O/c18-10-12-14-15-7-4-8-17(14)13(16-12)9-11-5-2-1-3-6-11/h1-8,10H,9H2. The van der Waals surface area contributed by atoms with Crippen LogP contribution in [0.4, 0.5) is 0 Å². The van der Waals surface area contributed by atoms with Crippen LogP contribution >= 0.6 is 0 Å². The SMILES string of the molecule is O=Cc1nc(Cc2ccccc2)n2cccnc12. The molecular weight excluding hydrogens is 226 g/mol. The molecule has 18 heavy (non-hydrogen) atoms. The molecule has 0 aliphatic heterocycles. The summed E-state index contributed by atoms with van der Waals surface area (Å²) in [7, 11) is 0. The Hall–Kier alpha value is -2.49. The average molecular weight is 237 g/mol. The first-order valence-electron chi connectivity index (χ1n) is 5.69. The summed E-state index contributed by atoms with van der Waals surface area (Å²) in [5.74, 6) is 0.825. The van der Waals surface area contributed by atoms with E-state index < -0.39 is 0 Å². The molecule has 0 bridgehead atoms. The quantitative estimate of drug-likeness (QED) is 0.656. The molecule has 0 amide bonds. The lowest BCUT2D eigenvalue weighted by Crippen LogP contribution is -1.96. The molecule has 0 aliphatic rings. The maximum Gasteiger partial charge on any atom is 0.172 e. The summed E-state index contributed by atoms with van der Waals surface area (Å²) in [5.41, 5.74) is 2.16. The van der Waals surface area contributed by atoms with Crippen LogP contribution in [0.5, 0.6) is 0 Å². The van der Waals surface area contributed by atoms with E-state index in [4.69, 9.17) is 0 Å². The van der Waals surface area contributed by atoms with E-state index in [1.807, 2.05) is 47.0 Å². The molecule has 0 saturated carbocycles. The number of hydrogen-bond acceptors (Lipinski definition) is 3. The Labute approximate surface area is 104 Å². The van der Waals surface area contributed by atoms with E-state index in [-0.39, 0.29) is 0 Å². The van der Waals surface area contributed by atoms with Gasteiger partial charge in [-0.05, 0) is 11.6 Å². The van der Waals surface area contributed by atoms with Crippen LogP contribution in [-0.2, 0) is 6.42 Å². The van der Waals surface area contributed by atoms with Crippen molar-refractivity contribution in [2.75, 3.05) is 0 Å². The first-order valence-corrected chi connectivity index (χ1v) is 5.69. The zero-order chi connectivity index (χ0) is 12.4. The van der Waals surface area contributed by atoms with Gasteiger partial charge < -0.3 is 0 Å². The van der Waals surface area contributed by atoms with Gasteiger partial charge >= 0.3 is 0 Å². The summed E-state index contributed by atoms with van der Waals surface area (Å²) < 4.78 is 1.86. The number of nitrogens with zero attached hydrogens (tertiary/aromatic N) is 3. The summed E-state index contributed by atoms with van der Waals surface area (Å²) in [6.45, 7) is 0. The fourth-order valence-corrected chi connectivity index (χ4v) is 1.99. The minimum Gasteiger partial charge on any atom is -0.296 e. The summed E-state index contributed by atoms with van der Waals surface area (Å²) in [6.07, 6.45) is 4.97. The van der Waals surface area contributed by atoms with Crippen LogP contribution < -0.4 is 0 Å². The molecule has 4 heteroatoms. The number of fused-ring (bicyclic) bond motifs is 1. The van der Waals surface area contributed by atoms with Crippen molar-refractivity contribution in [2.24, 2.45) is 0 Å². The van der Waals surface area contributed by atoms with Crippen LogP contribution in [0.3, 0.4) is 0 Å². The van der Waals surface area contributed by atoms with Gasteiger partial charge in [0.2, 0.25) is 0 Å². The third-order valence-electron chi connectivity index (χ3n) is 2.82. The van der Waals surface area contributed by atoms with Gasteiger partial charge in [-0.25, -0.2) is 9.97 Å². The highest BCUT2D eigenvalue weighted by Crippen LogP contribution is 2.12. The number of aldehydes is 1. The van der Waals surface area contributed by atoms with E-state index in [9.17, 15) is 4.79 Å². The molecule has 0 atom stereocenters. The first-order chi connectivity index (χ1) is 8.88. The van der Waals surface area contributed by atoms with E-state index in [1.54, 1.807) is 6.20 Å². The molecule has 0 unspecified atom stereocenters. The number of hydrogen-bond donors (Lipinski definition) is 0. The molecule has 0 radical (unpaired) electrons. The van der Waals surface area contributed by atoms with Crippen LogP contribution in [0.2, 0.25) is 0 Å². The lowest BCUT2D eigenvalue weighted by Gasteiger charge is -2.00. The maximum absolute atomic E-state index is 11.0. The first kappa shape index (κ1) is 10.7. The smallest absolute Gasteiger partial charge is 0.172 e. The molecule has 0 spiro atoms. The number of carbonyl (C=O) groups is 1. The average Bonchev–Trinajstić information content (AvgIpc) is 2.78. The second-order valence-electron chi connectivity index (χ2n) is 4.01. The highest BCUT2D eigenvalue weighted by atomic mass is 16.1. The Bertz CT molecular complexity index is 689. The van der Waals surface area contributed by atoms with Crippen LogP contribution in [0.25, 0.3) is 5.65 Å². The van der Waals surface area contributed by atoms with Crippen LogP contribution in [0, 0.1) is 0 Å². The zero-order valence-electron chi connectivity index (χ0n) is 9.65. The lowest BCUT2D eigenvalue weighted by molar-refractivity contribution is 0.112. The zero-order valence-corrected chi connectivity index (χ0v) is 9.65. The Morgan fingerprint density at radius 2 is 2.00 bits per heavy atom. The van der Waals surface area contributed by atoms with Crippen molar-refractivity contribution >= 4 is 11.9 Å². The second-order valence-corrected chi connectivity index (χ2v) is 4.01. The summed E-state index contributed by atoms with van der Waals surface area (Å²) in [5, 5.41) is 0. The monoisotopic (exact) mass is 237 g/mol. The molecule has 1 aromatic carbocycles.